The molecule has 0 radical (unpaired) electrons. The minimum atomic E-state index is -0.398. The number of methoxy groups -OCH3 is 1. The second kappa shape index (κ2) is 10.0. The fraction of sp³-hybridized carbons (Fsp3) is 0.364. The number of aliphatic hydroxyl groups excluding tert-OH is 1. The molecule has 3 aromatic rings. The Bertz CT molecular complexity index is 1060. The molecule has 0 spiro atoms. The Hall–Kier alpha value is -3.46. The van der Waals surface area contributed by atoms with E-state index in [0.717, 1.165) is 25.0 Å². The second-order valence-electron chi connectivity index (χ2n) is 7.65. The molecule has 4 rings (SSSR count). The maximum atomic E-state index is 12.5. The van der Waals surface area contributed by atoms with Crippen LogP contribution in [-0.2, 0) is 0 Å². The fourth-order valence-electron chi connectivity index (χ4n) is 3.59. The number of nitrogens with one attached hydrogen (secondary N) is 2. The summed E-state index contributed by atoms with van der Waals surface area (Å²) in [6.45, 7) is 2.21. The number of hydrogen-bond donors (Lipinski definition) is 4. The SMILES string of the molecule is CC1CCCC(O)C1.COc1cc(N)c(C=N)cc1C(=O)Nc1cnn2cccnc12. The van der Waals surface area contributed by atoms with Gasteiger partial charge in [0.05, 0.1) is 25.0 Å². The Balaban J connectivity index is 0.000000287. The summed E-state index contributed by atoms with van der Waals surface area (Å²) in [6.07, 6.45) is 10.6. The van der Waals surface area contributed by atoms with Crippen molar-refractivity contribution in [3.8, 4) is 5.75 Å². The minimum Gasteiger partial charge on any atom is -0.496 e. The van der Waals surface area contributed by atoms with Gasteiger partial charge in [0.1, 0.15) is 11.4 Å². The molecule has 1 aromatic carbocycles. The van der Waals surface area contributed by atoms with E-state index in [1.165, 1.54) is 38.3 Å². The van der Waals surface area contributed by atoms with Crippen LogP contribution in [0, 0.1) is 11.3 Å². The number of nitrogens with zero attached hydrogens (tertiary/aromatic N) is 3. The summed E-state index contributed by atoms with van der Waals surface area (Å²) < 4.78 is 6.76. The summed E-state index contributed by atoms with van der Waals surface area (Å²) in [6, 6.07) is 4.77. The number of hydrogen-bond acceptors (Lipinski definition) is 7. The molecule has 1 saturated carbocycles. The summed E-state index contributed by atoms with van der Waals surface area (Å²) in [5.41, 5.74) is 7.89. The third-order valence-electron chi connectivity index (χ3n) is 5.24. The molecule has 2 aromatic heterocycles. The maximum Gasteiger partial charge on any atom is 0.259 e. The molecule has 1 aliphatic carbocycles. The number of ether oxygens (including phenoxy) is 1. The molecule has 0 saturated heterocycles. The van der Waals surface area contributed by atoms with Gasteiger partial charge in [0, 0.05) is 35.9 Å². The molecule has 1 fully saturated rings. The first kappa shape index (κ1) is 22.2. The van der Waals surface area contributed by atoms with Crippen LogP contribution < -0.4 is 15.8 Å². The van der Waals surface area contributed by atoms with Crippen molar-refractivity contribution < 1.29 is 14.6 Å². The number of amides is 1. The molecule has 31 heavy (non-hydrogen) atoms. The highest BCUT2D eigenvalue weighted by atomic mass is 16.5. The lowest BCUT2D eigenvalue weighted by molar-refractivity contribution is 0.102. The molecule has 2 unspecified atom stereocenters. The Labute approximate surface area is 180 Å². The number of carbonyl (C=O) groups excluding carboxylic acids is 1. The zero-order valence-corrected chi connectivity index (χ0v) is 17.7. The standard InChI is InChI=1S/C15H14N6O2.C7H14O/c1-23-13-6-11(17)9(7-16)5-10(13)15(22)20-12-8-19-21-4-2-3-18-14(12)21;1-6-3-2-4-7(8)5-6/h2-8,16H,17H2,1H3,(H,20,22);6-8H,2-5H2,1H3. The first-order valence-corrected chi connectivity index (χ1v) is 10.2. The van der Waals surface area contributed by atoms with Crippen molar-refractivity contribution >= 4 is 29.1 Å². The molecule has 164 valence electrons. The van der Waals surface area contributed by atoms with Crippen molar-refractivity contribution in [1.82, 2.24) is 14.6 Å². The van der Waals surface area contributed by atoms with E-state index in [4.69, 9.17) is 21.0 Å². The van der Waals surface area contributed by atoms with Crippen LogP contribution in [0.3, 0.4) is 0 Å². The largest absolute Gasteiger partial charge is 0.496 e. The molecule has 1 amide bonds. The summed E-state index contributed by atoms with van der Waals surface area (Å²) in [7, 11) is 1.45. The first-order valence-electron chi connectivity index (χ1n) is 10.2. The van der Waals surface area contributed by atoms with Crippen molar-refractivity contribution in [1.29, 1.82) is 5.41 Å². The highest BCUT2D eigenvalue weighted by Crippen LogP contribution is 2.26. The molecule has 9 heteroatoms. The van der Waals surface area contributed by atoms with Crippen molar-refractivity contribution in [2.45, 2.75) is 38.7 Å². The van der Waals surface area contributed by atoms with E-state index in [-0.39, 0.29) is 11.7 Å². The molecule has 1 aliphatic rings. The Kier molecular flexibility index (Phi) is 7.19. The summed E-state index contributed by atoms with van der Waals surface area (Å²) in [5, 5.41) is 23.3. The normalized spacial score (nSPS) is 18.0. The monoisotopic (exact) mass is 424 g/mol. The van der Waals surface area contributed by atoms with Gasteiger partial charge in [-0.15, -0.1) is 0 Å². The molecule has 2 atom stereocenters. The Morgan fingerprint density at radius 1 is 1.42 bits per heavy atom. The number of nitrogen functional groups attached to an aromatic ring is 1. The van der Waals surface area contributed by atoms with Crippen LogP contribution in [-0.4, -0.2) is 45.0 Å². The number of aliphatic hydroxyl groups is 1. The van der Waals surface area contributed by atoms with E-state index < -0.39 is 5.91 Å². The third kappa shape index (κ3) is 5.37. The number of fused-ring (bicyclic) bond motifs is 1. The highest BCUT2D eigenvalue weighted by molar-refractivity contribution is 6.09. The first-order chi connectivity index (χ1) is 14.9. The molecular formula is C22H28N6O3. The van der Waals surface area contributed by atoms with Crippen LogP contribution in [0.25, 0.3) is 5.65 Å². The summed E-state index contributed by atoms with van der Waals surface area (Å²) in [4.78, 5) is 16.7. The molecule has 9 nitrogen and oxygen atoms in total. The van der Waals surface area contributed by atoms with Crippen LogP contribution in [0.4, 0.5) is 11.4 Å². The lowest BCUT2D eigenvalue weighted by atomic mass is 9.89. The van der Waals surface area contributed by atoms with Crippen molar-refractivity contribution in [2.24, 2.45) is 5.92 Å². The summed E-state index contributed by atoms with van der Waals surface area (Å²) >= 11 is 0. The van der Waals surface area contributed by atoms with Crippen molar-refractivity contribution in [3.63, 3.8) is 0 Å². The number of rotatable bonds is 4. The topological polar surface area (TPSA) is 139 Å². The quantitative estimate of drug-likeness (QED) is 0.375. The Morgan fingerprint density at radius 3 is 2.87 bits per heavy atom. The fourth-order valence-corrected chi connectivity index (χ4v) is 3.59. The molecule has 5 N–H and O–H groups in total. The number of aromatic nitrogens is 3. The van der Waals surface area contributed by atoms with Gasteiger partial charge in [-0.3, -0.25) is 4.79 Å². The van der Waals surface area contributed by atoms with E-state index in [1.807, 2.05) is 0 Å². The van der Waals surface area contributed by atoms with Gasteiger partial charge in [0.15, 0.2) is 5.65 Å². The molecule has 2 heterocycles. The number of carbonyl (C=O) groups is 1. The van der Waals surface area contributed by atoms with Crippen LogP contribution in [0.2, 0.25) is 0 Å². The van der Waals surface area contributed by atoms with Gasteiger partial charge >= 0.3 is 0 Å². The van der Waals surface area contributed by atoms with Crippen LogP contribution in [0.5, 0.6) is 5.75 Å². The predicted octanol–water partition coefficient (Wildman–Crippen LogP) is 3.13. The Morgan fingerprint density at radius 2 is 2.23 bits per heavy atom. The van der Waals surface area contributed by atoms with E-state index in [9.17, 15) is 4.79 Å². The van der Waals surface area contributed by atoms with Crippen LogP contribution >= 0.6 is 0 Å². The maximum absolute atomic E-state index is 12.5. The van der Waals surface area contributed by atoms with Crippen LogP contribution in [0.1, 0.15) is 48.5 Å². The smallest absolute Gasteiger partial charge is 0.259 e. The zero-order chi connectivity index (χ0) is 22.4. The third-order valence-corrected chi connectivity index (χ3v) is 5.24. The second-order valence-corrected chi connectivity index (χ2v) is 7.65. The number of anilines is 2. The van der Waals surface area contributed by atoms with Gasteiger partial charge in [-0.1, -0.05) is 19.8 Å². The minimum absolute atomic E-state index is 0.0127. The number of benzene rings is 1. The lowest BCUT2D eigenvalue weighted by Crippen LogP contribution is -2.16. The van der Waals surface area contributed by atoms with E-state index in [1.54, 1.807) is 23.0 Å². The van der Waals surface area contributed by atoms with Gasteiger partial charge in [-0.2, -0.15) is 5.10 Å². The average molecular weight is 425 g/mol. The van der Waals surface area contributed by atoms with Gasteiger partial charge in [0.2, 0.25) is 0 Å². The van der Waals surface area contributed by atoms with Gasteiger partial charge in [-0.05, 0) is 30.9 Å². The summed E-state index contributed by atoms with van der Waals surface area (Å²) in [5.74, 6) is 0.694. The van der Waals surface area contributed by atoms with E-state index in [0.29, 0.717) is 28.3 Å². The van der Waals surface area contributed by atoms with E-state index in [2.05, 4.69) is 22.3 Å². The van der Waals surface area contributed by atoms with Crippen molar-refractivity contribution in [3.05, 3.63) is 47.9 Å². The van der Waals surface area contributed by atoms with Gasteiger partial charge in [0.25, 0.3) is 5.91 Å². The highest BCUT2D eigenvalue weighted by Gasteiger charge is 2.17. The number of nitrogens with two attached hydrogens (primary N) is 1. The zero-order valence-electron chi connectivity index (χ0n) is 17.7. The molecule has 0 bridgehead atoms. The molecular weight excluding hydrogens is 396 g/mol. The molecule has 0 aliphatic heterocycles. The van der Waals surface area contributed by atoms with Crippen LogP contribution in [0.15, 0.2) is 36.8 Å². The predicted molar refractivity (Wildman–Crippen MR) is 120 cm³/mol. The van der Waals surface area contributed by atoms with Gasteiger partial charge in [-0.25, -0.2) is 9.50 Å². The van der Waals surface area contributed by atoms with Gasteiger partial charge < -0.3 is 26.3 Å². The average Bonchev–Trinajstić information content (AvgIpc) is 3.16. The lowest BCUT2D eigenvalue weighted by Gasteiger charge is -2.21. The van der Waals surface area contributed by atoms with Crippen molar-refractivity contribution in [2.75, 3.05) is 18.2 Å². The van der Waals surface area contributed by atoms with E-state index >= 15 is 0 Å².